The molecule has 0 atom stereocenters. The third-order valence-corrected chi connectivity index (χ3v) is 2.38. The molecule has 0 aliphatic heterocycles. The van der Waals surface area contributed by atoms with Crippen LogP contribution in [0.15, 0.2) is 42.1 Å². The second-order valence-electron chi connectivity index (χ2n) is 3.57. The molecule has 1 aromatic rings. The molecule has 0 bridgehead atoms. The van der Waals surface area contributed by atoms with Crippen LogP contribution in [0.25, 0.3) is 0 Å². The van der Waals surface area contributed by atoms with Gasteiger partial charge in [0.1, 0.15) is 0 Å². The van der Waals surface area contributed by atoms with Gasteiger partial charge < -0.3 is 4.74 Å². The molecule has 0 amide bonds. The highest BCUT2D eigenvalue weighted by Crippen LogP contribution is 2.08. The Bertz CT molecular complexity index is 431. The zero-order valence-corrected chi connectivity index (χ0v) is 12.4. The first-order chi connectivity index (χ1) is 9.21. The Morgan fingerprint density at radius 3 is 2.42 bits per heavy atom. The number of hydrogen-bond acceptors (Lipinski definition) is 3. The summed E-state index contributed by atoms with van der Waals surface area (Å²) in [5.74, 6) is -0.358. The fraction of sp³-hybridized carbons (Fsp3) is 0.375. The van der Waals surface area contributed by atoms with Crippen molar-refractivity contribution in [1.82, 2.24) is 4.98 Å². The van der Waals surface area contributed by atoms with Crippen LogP contribution in [0.2, 0.25) is 0 Å². The van der Waals surface area contributed by atoms with E-state index in [1.807, 2.05) is 39.8 Å². The van der Waals surface area contributed by atoms with E-state index >= 15 is 0 Å². The lowest BCUT2D eigenvalue weighted by molar-refractivity contribution is 0.0600. The average molecular weight is 261 g/mol. The summed E-state index contributed by atoms with van der Waals surface area (Å²) in [5.41, 5.74) is 2.61. The molecule has 0 aliphatic carbocycles. The minimum atomic E-state index is -0.358. The third kappa shape index (κ3) is 6.00. The molecule has 0 radical (unpaired) electrons. The average Bonchev–Trinajstić information content (AvgIpc) is 2.48. The van der Waals surface area contributed by atoms with E-state index in [9.17, 15) is 4.79 Å². The Morgan fingerprint density at radius 2 is 2.00 bits per heavy atom. The zero-order valence-electron chi connectivity index (χ0n) is 12.4. The minimum Gasteiger partial charge on any atom is -0.465 e. The van der Waals surface area contributed by atoms with Crippen LogP contribution in [0, 0.1) is 0 Å². The number of hydrogen-bond donors (Lipinski definition) is 0. The van der Waals surface area contributed by atoms with E-state index in [0.717, 1.165) is 12.1 Å². The van der Waals surface area contributed by atoms with Crippen molar-refractivity contribution in [1.29, 1.82) is 0 Å². The Morgan fingerprint density at radius 1 is 1.32 bits per heavy atom. The highest BCUT2D eigenvalue weighted by molar-refractivity contribution is 5.88. The summed E-state index contributed by atoms with van der Waals surface area (Å²) in [6, 6.07) is 3.58. The maximum atomic E-state index is 11.2. The number of nitrogens with zero attached hydrogens (tertiary/aromatic N) is 1. The maximum Gasteiger partial charge on any atom is 0.339 e. The first-order valence-electron chi connectivity index (χ1n) is 6.52. The normalized spacial score (nSPS) is 10.9. The van der Waals surface area contributed by atoms with Crippen LogP contribution < -0.4 is 0 Å². The number of ether oxygens (including phenoxy) is 1. The number of carbonyl (C=O) groups excluding carboxylic acids is 1. The topological polar surface area (TPSA) is 39.2 Å². The standard InChI is InChI=1S/C14H17NO2.C2H6/c1-4-6-11(5-2)9-13-8-7-12(10-15-13)14(16)17-3;1-2/h4-8,10H,9H2,1-3H3;1-2H3/b6-4-,11-5+;. The molecule has 0 aliphatic rings. The van der Waals surface area contributed by atoms with Crippen LogP contribution >= 0.6 is 0 Å². The molecule has 0 N–H and O–H groups in total. The monoisotopic (exact) mass is 261 g/mol. The predicted octanol–water partition coefficient (Wildman–Crippen LogP) is 3.96. The number of methoxy groups -OCH3 is 1. The number of allylic oxidation sites excluding steroid dienone is 4. The SMILES string of the molecule is C/C=C\C(=C/C)Cc1ccc(C(=O)OC)cn1.CC. The summed E-state index contributed by atoms with van der Waals surface area (Å²) in [6.07, 6.45) is 8.41. The summed E-state index contributed by atoms with van der Waals surface area (Å²) in [4.78, 5) is 15.5. The summed E-state index contributed by atoms with van der Waals surface area (Å²) in [5, 5.41) is 0. The molecule has 0 unspecified atom stereocenters. The van der Waals surface area contributed by atoms with Crippen molar-refractivity contribution < 1.29 is 9.53 Å². The number of pyridine rings is 1. The van der Waals surface area contributed by atoms with Gasteiger partial charge >= 0.3 is 5.97 Å². The predicted molar refractivity (Wildman–Crippen MR) is 79.2 cm³/mol. The summed E-state index contributed by atoms with van der Waals surface area (Å²) < 4.78 is 4.62. The molecule has 3 nitrogen and oxygen atoms in total. The molecular weight excluding hydrogens is 238 g/mol. The van der Waals surface area contributed by atoms with Crippen LogP contribution in [0.3, 0.4) is 0 Å². The van der Waals surface area contributed by atoms with Crippen LogP contribution in [0.4, 0.5) is 0 Å². The van der Waals surface area contributed by atoms with Gasteiger partial charge in [0.05, 0.1) is 12.7 Å². The van der Waals surface area contributed by atoms with Gasteiger partial charge in [-0.2, -0.15) is 0 Å². The Kier molecular flexibility index (Phi) is 9.06. The van der Waals surface area contributed by atoms with Crippen molar-refractivity contribution in [2.45, 2.75) is 34.1 Å². The van der Waals surface area contributed by atoms with Gasteiger partial charge in [-0.3, -0.25) is 4.98 Å². The third-order valence-electron chi connectivity index (χ3n) is 2.38. The van der Waals surface area contributed by atoms with Crippen molar-refractivity contribution in [3.8, 4) is 0 Å². The summed E-state index contributed by atoms with van der Waals surface area (Å²) in [6.45, 7) is 7.98. The Balaban J connectivity index is 0.00000154. The van der Waals surface area contributed by atoms with Crippen LogP contribution in [0.5, 0.6) is 0 Å². The molecule has 1 aromatic heterocycles. The van der Waals surface area contributed by atoms with Gasteiger partial charge in [0.15, 0.2) is 0 Å². The molecule has 0 spiro atoms. The quantitative estimate of drug-likeness (QED) is 0.608. The van der Waals surface area contributed by atoms with Crippen molar-refractivity contribution in [3.63, 3.8) is 0 Å². The van der Waals surface area contributed by atoms with Crippen LogP contribution in [0.1, 0.15) is 43.7 Å². The van der Waals surface area contributed by atoms with Gasteiger partial charge in [-0.1, -0.05) is 32.1 Å². The van der Waals surface area contributed by atoms with Gasteiger partial charge in [0, 0.05) is 18.3 Å². The molecule has 19 heavy (non-hydrogen) atoms. The molecule has 104 valence electrons. The molecule has 0 aromatic carbocycles. The number of rotatable bonds is 4. The lowest BCUT2D eigenvalue weighted by Crippen LogP contribution is -2.02. The second-order valence-corrected chi connectivity index (χ2v) is 3.57. The highest BCUT2D eigenvalue weighted by Gasteiger charge is 2.05. The largest absolute Gasteiger partial charge is 0.465 e. The van der Waals surface area contributed by atoms with Gasteiger partial charge in [0.25, 0.3) is 0 Å². The van der Waals surface area contributed by atoms with Crippen molar-refractivity contribution in [3.05, 3.63) is 53.4 Å². The molecule has 3 heteroatoms. The van der Waals surface area contributed by atoms with Gasteiger partial charge in [0.2, 0.25) is 0 Å². The lowest BCUT2D eigenvalue weighted by Gasteiger charge is -2.03. The van der Waals surface area contributed by atoms with E-state index in [1.165, 1.54) is 12.7 Å². The van der Waals surface area contributed by atoms with Gasteiger partial charge in [-0.15, -0.1) is 0 Å². The highest BCUT2D eigenvalue weighted by atomic mass is 16.5. The molecule has 1 rings (SSSR count). The van der Waals surface area contributed by atoms with E-state index in [4.69, 9.17) is 0 Å². The van der Waals surface area contributed by atoms with Crippen molar-refractivity contribution in [2.75, 3.05) is 7.11 Å². The number of carbonyl (C=O) groups is 1. The molecule has 1 heterocycles. The molecular formula is C16H23NO2. The van der Waals surface area contributed by atoms with E-state index in [-0.39, 0.29) is 5.97 Å². The summed E-state index contributed by atoms with van der Waals surface area (Å²) in [7, 11) is 1.36. The number of esters is 1. The Hall–Kier alpha value is -1.90. The fourth-order valence-corrected chi connectivity index (χ4v) is 1.45. The fourth-order valence-electron chi connectivity index (χ4n) is 1.45. The molecule has 0 fully saturated rings. The minimum absolute atomic E-state index is 0.358. The second kappa shape index (κ2) is 10.1. The van der Waals surface area contributed by atoms with E-state index < -0.39 is 0 Å². The summed E-state index contributed by atoms with van der Waals surface area (Å²) >= 11 is 0. The first kappa shape index (κ1) is 17.1. The zero-order chi connectivity index (χ0) is 14.7. The van der Waals surface area contributed by atoms with E-state index in [2.05, 4.69) is 21.9 Å². The first-order valence-corrected chi connectivity index (χ1v) is 6.52. The van der Waals surface area contributed by atoms with Crippen molar-refractivity contribution in [2.24, 2.45) is 0 Å². The molecule has 0 saturated heterocycles. The van der Waals surface area contributed by atoms with Gasteiger partial charge in [-0.25, -0.2) is 4.79 Å². The van der Waals surface area contributed by atoms with Gasteiger partial charge in [-0.05, 0) is 31.6 Å². The molecule has 0 saturated carbocycles. The smallest absolute Gasteiger partial charge is 0.339 e. The number of aromatic nitrogens is 1. The van der Waals surface area contributed by atoms with Crippen LogP contribution in [-0.2, 0) is 11.2 Å². The van der Waals surface area contributed by atoms with E-state index in [0.29, 0.717) is 5.56 Å². The lowest BCUT2D eigenvalue weighted by atomic mass is 10.1. The Labute approximate surface area is 116 Å². The van der Waals surface area contributed by atoms with Crippen molar-refractivity contribution >= 4 is 5.97 Å². The van der Waals surface area contributed by atoms with E-state index in [1.54, 1.807) is 12.3 Å². The van der Waals surface area contributed by atoms with Crippen LogP contribution in [-0.4, -0.2) is 18.1 Å². The maximum absolute atomic E-state index is 11.2.